The normalized spacial score (nSPS) is 12.7. The van der Waals surface area contributed by atoms with Crippen molar-refractivity contribution in [2.45, 2.75) is 26.4 Å². The third-order valence-corrected chi connectivity index (χ3v) is 4.33. The lowest BCUT2D eigenvalue weighted by Gasteiger charge is -2.07. The number of nitrogens with zero attached hydrogens (tertiary/aromatic N) is 1. The Hall–Kier alpha value is -3.08. The van der Waals surface area contributed by atoms with Crippen molar-refractivity contribution in [2.75, 3.05) is 0 Å². The monoisotopic (exact) mass is 335 g/mol. The molecule has 2 amide bonds. The van der Waals surface area contributed by atoms with Crippen molar-refractivity contribution in [2.24, 2.45) is 5.73 Å². The van der Waals surface area contributed by atoms with E-state index in [2.05, 4.69) is 41.1 Å². The summed E-state index contributed by atoms with van der Waals surface area (Å²) < 4.78 is 2.28. The van der Waals surface area contributed by atoms with Crippen LogP contribution in [-0.2, 0) is 16.1 Å². The Morgan fingerprint density at radius 1 is 1.16 bits per heavy atom. The fourth-order valence-electron chi connectivity index (χ4n) is 3.02. The van der Waals surface area contributed by atoms with Crippen LogP contribution >= 0.6 is 0 Å². The van der Waals surface area contributed by atoms with E-state index in [1.165, 1.54) is 22.5 Å². The molecule has 1 aromatic heterocycles. The quantitative estimate of drug-likeness (QED) is 0.703. The van der Waals surface area contributed by atoms with Crippen molar-refractivity contribution in [3.8, 4) is 0 Å². The van der Waals surface area contributed by atoms with Crippen molar-refractivity contribution in [1.29, 1.82) is 0 Å². The summed E-state index contributed by atoms with van der Waals surface area (Å²) in [6.07, 6.45) is 3.15. The average molecular weight is 335 g/mol. The second-order valence-corrected chi connectivity index (χ2v) is 6.00. The van der Waals surface area contributed by atoms with Gasteiger partial charge in [-0.05, 0) is 43.7 Å². The molecule has 25 heavy (non-hydrogen) atoms. The molecule has 1 heterocycles. The highest BCUT2D eigenvalue weighted by atomic mass is 16.2. The molecule has 3 aromatic rings. The zero-order chi connectivity index (χ0) is 18.0. The second kappa shape index (κ2) is 6.81. The van der Waals surface area contributed by atoms with Crippen LogP contribution in [0.15, 0.2) is 48.5 Å². The molecular formula is C20H21N3O2. The summed E-state index contributed by atoms with van der Waals surface area (Å²) in [4.78, 5) is 22.8. The number of carbonyl (C=O) groups excluding carboxylic acids is 2. The largest absolute Gasteiger partial charge is 0.368 e. The molecule has 5 heteroatoms. The molecule has 0 bridgehead atoms. The van der Waals surface area contributed by atoms with Crippen LogP contribution < -0.4 is 11.1 Å². The third-order valence-electron chi connectivity index (χ3n) is 4.33. The second-order valence-electron chi connectivity index (χ2n) is 6.00. The maximum absolute atomic E-state index is 11.8. The van der Waals surface area contributed by atoms with E-state index in [-0.39, 0.29) is 5.91 Å². The number of fused-ring (bicyclic) bond motifs is 3. The first kappa shape index (κ1) is 16.8. The van der Waals surface area contributed by atoms with Crippen LogP contribution in [-0.4, -0.2) is 22.4 Å². The van der Waals surface area contributed by atoms with E-state index >= 15 is 0 Å². The molecule has 3 rings (SSSR count). The molecule has 0 saturated heterocycles. The van der Waals surface area contributed by atoms with Gasteiger partial charge in [0.15, 0.2) is 0 Å². The van der Waals surface area contributed by atoms with Gasteiger partial charge in [0.05, 0.1) is 0 Å². The van der Waals surface area contributed by atoms with Gasteiger partial charge in [-0.2, -0.15) is 0 Å². The van der Waals surface area contributed by atoms with Crippen LogP contribution in [0.2, 0.25) is 0 Å². The van der Waals surface area contributed by atoms with E-state index in [9.17, 15) is 9.59 Å². The Morgan fingerprint density at radius 2 is 1.88 bits per heavy atom. The van der Waals surface area contributed by atoms with Gasteiger partial charge in [-0.1, -0.05) is 24.3 Å². The van der Waals surface area contributed by atoms with Gasteiger partial charge in [-0.25, -0.2) is 0 Å². The topological polar surface area (TPSA) is 77.1 Å². The lowest BCUT2D eigenvalue weighted by molar-refractivity contribution is -0.124. The van der Waals surface area contributed by atoms with Crippen molar-refractivity contribution < 1.29 is 9.59 Å². The van der Waals surface area contributed by atoms with E-state index in [0.29, 0.717) is 0 Å². The number of carbonyl (C=O) groups is 2. The van der Waals surface area contributed by atoms with Crippen molar-refractivity contribution in [1.82, 2.24) is 9.88 Å². The number of primary amides is 1. The van der Waals surface area contributed by atoms with Gasteiger partial charge in [0.2, 0.25) is 11.8 Å². The summed E-state index contributed by atoms with van der Waals surface area (Å²) in [7, 11) is 0. The van der Waals surface area contributed by atoms with Crippen LogP contribution in [0.4, 0.5) is 0 Å². The molecule has 1 atom stereocenters. The summed E-state index contributed by atoms with van der Waals surface area (Å²) in [6.45, 7) is 4.58. The maximum Gasteiger partial charge on any atom is 0.244 e. The molecule has 0 radical (unpaired) electrons. The first-order chi connectivity index (χ1) is 12.0. The summed E-state index contributed by atoms with van der Waals surface area (Å²) in [6, 6.07) is 13.7. The zero-order valence-corrected chi connectivity index (χ0v) is 14.3. The molecule has 0 saturated carbocycles. The van der Waals surface area contributed by atoms with Crippen LogP contribution in [0.1, 0.15) is 19.4 Å². The van der Waals surface area contributed by atoms with Gasteiger partial charge in [0.25, 0.3) is 0 Å². The molecule has 5 nitrogen and oxygen atoms in total. The lowest BCUT2D eigenvalue weighted by atomic mass is 10.1. The van der Waals surface area contributed by atoms with Gasteiger partial charge in [-0.3, -0.25) is 9.59 Å². The number of aryl methyl sites for hydroxylation is 1. The number of rotatable bonds is 5. The fourth-order valence-corrected chi connectivity index (χ4v) is 3.02. The minimum Gasteiger partial charge on any atom is -0.368 e. The average Bonchev–Trinajstić information content (AvgIpc) is 2.93. The summed E-state index contributed by atoms with van der Waals surface area (Å²) in [5.41, 5.74) is 8.44. The molecule has 128 valence electrons. The van der Waals surface area contributed by atoms with E-state index in [1.54, 1.807) is 13.0 Å². The number of aromatic nitrogens is 1. The van der Waals surface area contributed by atoms with Gasteiger partial charge >= 0.3 is 0 Å². The highest BCUT2D eigenvalue weighted by Gasteiger charge is 2.11. The molecule has 2 aromatic carbocycles. The highest BCUT2D eigenvalue weighted by Crippen LogP contribution is 2.29. The number of nitrogens with two attached hydrogens (primary N) is 1. The van der Waals surface area contributed by atoms with E-state index in [0.717, 1.165) is 17.5 Å². The number of nitrogens with one attached hydrogen (secondary N) is 1. The number of amides is 2. The maximum atomic E-state index is 11.8. The van der Waals surface area contributed by atoms with Crippen LogP contribution in [0.25, 0.3) is 27.9 Å². The number of benzene rings is 2. The van der Waals surface area contributed by atoms with Crippen LogP contribution in [0.5, 0.6) is 0 Å². The minimum atomic E-state index is -0.692. The number of hydrogen-bond donors (Lipinski definition) is 2. The van der Waals surface area contributed by atoms with Gasteiger partial charge in [0.1, 0.15) is 6.04 Å². The third kappa shape index (κ3) is 3.26. The Balaban J connectivity index is 1.94. The van der Waals surface area contributed by atoms with Crippen molar-refractivity contribution in [3.05, 3.63) is 54.1 Å². The Bertz CT molecular complexity index is 985. The Labute approximate surface area is 146 Å². The first-order valence-corrected chi connectivity index (χ1v) is 8.30. The predicted molar refractivity (Wildman–Crippen MR) is 101 cm³/mol. The predicted octanol–water partition coefficient (Wildman–Crippen LogP) is 2.82. The molecule has 0 fully saturated rings. The molecule has 0 aliphatic rings. The molecule has 0 spiro atoms. The van der Waals surface area contributed by atoms with Gasteiger partial charge < -0.3 is 15.6 Å². The van der Waals surface area contributed by atoms with Crippen LogP contribution in [0, 0.1) is 0 Å². The summed E-state index contributed by atoms with van der Waals surface area (Å²) in [5.74, 6) is -0.905. The summed E-state index contributed by atoms with van der Waals surface area (Å²) in [5, 5.41) is 4.88. The van der Waals surface area contributed by atoms with E-state index in [1.807, 2.05) is 18.2 Å². The standard InChI is InChI=1S/C20H21N3O2/c1-3-23-17-7-5-4-6-15(17)16-12-14(8-10-18(16)23)9-11-19(24)22-13(2)20(21)25/h4-13H,3H2,1-2H3,(H2,21,25)(H,22,24). The Kier molecular flexibility index (Phi) is 4.57. The van der Waals surface area contributed by atoms with Crippen molar-refractivity contribution in [3.63, 3.8) is 0 Å². The van der Waals surface area contributed by atoms with Crippen molar-refractivity contribution >= 4 is 39.7 Å². The first-order valence-electron chi connectivity index (χ1n) is 8.30. The fraction of sp³-hybridized carbons (Fsp3) is 0.200. The Morgan fingerprint density at radius 3 is 2.60 bits per heavy atom. The van der Waals surface area contributed by atoms with Gasteiger partial charge in [-0.15, -0.1) is 0 Å². The van der Waals surface area contributed by atoms with Crippen LogP contribution in [0.3, 0.4) is 0 Å². The lowest BCUT2D eigenvalue weighted by Crippen LogP contribution is -2.41. The minimum absolute atomic E-state index is 0.345. The molecular weight excluding hydrogens is 314 g/mol. The number of para-hydroxylation sites is 1. The van der Waals surface area contributed by atoms with E-state index < -0.39 is 11.9 Å². The summed E-state index contributed by atoms with van der Waals surface area (Å²) >= 11 is 0. The molecule has 1 unspecified atom stereocenters. The smallest absolute Gasteiger partial charge is 0.244 e. The van der Waals surface area contributed by atoms with E-state index in [4.69, 9.17) is 5.73 Å². The SMILES string of the molecule is CCn1c2ccccc2c2cc(C=CC(=O)NC(C)C(N)=O)ccc21. The zero-order valence-electron chi connectivity index (χ0n) is 14.3. The molecule has 0 aliphatic heterocycles. The molecule has 3 N–H and O–H groups in total. The number of hydrogen-bond acceptors (Lipinski definition) is 2. The highest BCUT2D eigenvalue weighted by molar-refractivity contribution is 6.08. The molecule has 0 aliphatic carbocycles. The van der Waals surface area contributed by atoms with Gasteiger partial charge in [0, 0.05) is 34.4 Å².